The van der Waals surface area contributed by atoms with Gasteiger partial charge in [0, 0.05) is 6.07 Å². The topological polar surface area (TPSA) is 52.4 Å². The largest absolute Gasteiger partial charge is 0.374 e. The van der Waals surface area contributed by atoms with E-state index >= 15 is 0 Å². The summed E-state index contributed by atoms with van der Waals surface area (Å²) in [6, 6.07) is 5.17. The van der Waals surface area contributed by atoms with Crippen molar-refractivity contribution in [1.29, 1.82) is 0 Å². The molecule has 2 rings (SSSR count). The summed E-state index contributed by atoms with van der Waals surface area (Å²) in [5, 5.41) is 10.9. The molecule has 0 spiro atoms. The van der Waals surface area contributed by atoms with Crippen LogP contribution >= 0.6 is 15.9 Å². The van der Waals surface area contributed by atoms with E-state index in [0.29, 0.717) is 17.2 Å². The van der Waals surface area contributed by atoms with Crippen LogP contribution in [0.1, 0.15) is 44.1 Å². The molecule has 1 saturated carbocycles. The van der Waals surface area contributed by atoms with Gasteiger partial charge in [-0.1, -0.05) is 31.7 Å². The number of nitro benzene ring substituents is 1. The van der Waals surface area contributed by atoms with Crippen LogP contribution in [0.5, 0.6) is 0 Å². The first-order valence-electron chi connectivity index (χ1n) is 6.71. The lowest BCUT2D eigenvalue weighted by atomic mass is 10.1. The van der Waals surface area contributed by atoms with Gasteiger partial charge in [-0.25, -0.2) is 0 Å². The molecule has 5 heteroatoms. The van der Waals surface area contributed by atoms with Crippen LogP contribution in [0.2, 0.25) is 0 Å². The highest BCUT2D eigenvalue weighted by molar-refractivity contribution is 9.10. The Kier molecular flexibility index (Phi) is 5.34. The van der Waals surface area contributed by atoms with E-state index in [1.165, 1.54) is 25.7 Å². The molecule has 0 N–H and O–H groups in total. The fraction of sp³-hybridized carbons (Fsp3) is 0.571. The van der Waals surface area contributed by atoms with Crippen molar-refractivity contribution < 1.29 is 9.66 Å². The van der Waals surface area contributed by atoms with Crippen LogP contribution in [-0.4, -0.2) is 11.0 Å². The molecule has 0 heterocycles. The van der Waals surface area contributed by atoms with Crippen LogP contribution in [0.4, 0.5) is 5.69 Å². The summed E-state index contributed by atoms with van der Waals surface area (Å²) in [5.41, 5.74) is 0.959. The van der Waals surface area contributed by atoms with Gasteiger partial charge in [0.2, 0.25) is 0 Å². The summed E-state index contributed by atoms with van der Waals surface area (Å²) >= 11 is 3.19. The van der Waals surface area contributed by atoms with E-state index in [4.69, 9.17) is 4.74 Å². The van der Waals surface area contributed by atoms with E-state index in [9.17, 15) is 10.1 Å². The monoisotopic (exact) mass is 327 g/mol. The van der Waals surface area contributed by atoms with Gasteiger partial charge < -0.3 is 4.74 Å². The van der Waals surface area contributed by atoms with Crippen LogP contribution in [0, 0.1) is 10.1 Å². The SMILES string of the molecule is O=[N+]([O-])c1cc(COC2CCCCCC2)ccc1Br. The number of halogens is 1. The maximum Gasteiger partial charge on any atom is 0.283 e. The Labute approximate surface area is 121 Å². The van der Waals surface area contributed by atoms with Crippen molar-refractivity contribution in [2.24, 2.45) is 0 Å². The highest BCUT2D eigenvalue weighted by Gasteiger charge is 2.15. The zero-order valence-electron chi connectivity index (χ0n) is 10.8. The van der Waals surface area contributed by atoms with Crippen LogP contribution in [-0.2, 0) is 11.3 Å². The van der Waals surface area contributed by atoms with E-state index in [2.05, 4.69) is 15.9 Å². The highest BCUT2D eigenvalue weighted by atomic mass is 79.9. The predicted molar refractivity (Wildman–Crippen MR) is 77.1 cm³/mol. The van der Waals surface area contributed by atoms with E-state index in [1.54, 1.807) is 12.1 Å². The Bertz CT molecular complexity index is 442. The molecule has 4 nitrogen and oxygen atoms in total. The highest BCUT2D eigenvalue weighted by Crippen LogP contribution is 2.27. The molecule has 1 aliphatic carbocycles. The molecule has 1 aliphatic rings. The third-order valence-electron chi connectivity index (χ3n) is 3.50. The summed E-state index contributed by atoms with van der Waals surface area (Å²) in [5.74, 6) is 0. The number of rotatable bonds is 4. The smallest absolute Gasteiger partial charge is 0.283 e. The molecule has 0 aliphatic heterocycles. The summed E-state index contributed by atoms with van der Waals surface area (Å²) in [6.45, 7) is 0.457. The van der Waals surface area contributed by atoms with Gasteiger partial charge in [0.15, 0.2) is 0 Å². The Morgan fingerprint density at radius 1 is 1.26 bits per heavy atom. The standard InChI is InChI=1S/C14H18BrNO3/c15-13-8-7-11(9-14(13)16(17)18)10-19-12-5-3-1-2-4-6-12/h7-9,12H,1-6,10H2. The molecule has 0 atom stereocenters. The van der Waals surface area contributed by atoms with Crippen molar-refractivity contribution in [2.75, 3.05) is 0 Å². The minimum Gasteiger partial charge on any atom is -0.374 e. The lowest BCUT2D eigenvalue weighted by Crippen LogP contribution is -2.11. The van der Waals surface area contributed by atoms with E-state index in [-0.39, 0.29) is 10.6 Å². The minimum atomic E-state index is -0.376. The van der Waals surface area contributed by atoms with Gasteiger partial charge in [-0.2, -0.15) is 0 Å². The summed E-state index contributed by atoms with van der Waals surface area (Å²) in [6.07, 6.45) is 7.58. The number of benzene rings is 1. The first kappa shape index (κ1) is 14.5. The quantitative estimate of drug-likeness (QED) is 0.461. The second-order valence-corrected chi connectivity index (χ2v) is 5.82. The van der Waals surface area contributed by atoms with Gasteiger partial charge in [0.1, 0.15) is 0 Å². The van der Waals surface area contributed by atoms with Crippen LogP contribution < -0.4 is 0 Å². The zero-order chi connectivity index (χ0) is 13.7. The van der Waals surface area contributed by atoms with Crippen molar-refractivity contribution in [3.8, 4) is 0 Å². The van der Waals surface area contributed by atoms with Gasteiger partial charge in [-0.05, 0) is 40.4 Å². The normalized spacial score (nSPS) is 17.1. The predicted octanol–water partition coefficient (Wildman–Crippen LogP) is 4.60. The van der Waals surface area contributed by atoms with Crippen molar-refractivity contribution >= 4 is 21.6 Å². The van der Waals surface area contributed by atoms with Crippen molar-refractivity contribution in [1.82, 2.24) is 0 Å². The molecule has 0 aromatic heterocycles. The van der Waals surface area contributed by atoms with E-state index in [1.807, 2.05) is 6.07 Å². The van der Waals surface area contributed by atoms with Gasteiger partial charge in [0.05, 0.1) is 22.1 Å². The maximum absolute atomic E-state index is 10.9. The number of nitrogens with zero attached hydrogens (tertiary/aromatic N) is 1. The Morgan fingerprint density at radius 2 is 1.95 bits per heavy atom. The van der Waals surface area contributed by atoms with E-state index < -0.39 is 0 Å². The third kappa shape index (κ3) is 4.28. The van der Waals surface area contributed by atoms with Gasteiger partial charge in [0.25, 0.3) is 5.69 Å². The second-order valence-electron chi connectivity index (χ2n) is 4.97. The van der Waals surface area contributed by atoms with Crippen molar-refractivity contribution in [3.63, 3.8) is 0 Å². The molecular weight excluding hydrogens is 310 g/mol. The van der Waals surface area contributed by atoms with Crippen LogP contribution in [0.25, 0.3) is 0 Å². The molecule has 19 heavy (non-hydrogen) atoms. The minimum absolute atomic E-state index is 0.0990. The summed E-state index contributed by atoms with van der Waals surface area (Å²) < 4.78 is 6.40. The number of ether oxygens (including phenoxy) is 1. The molecule has 104 valence electrons. The zero-order valence-corrected chi connectivity index (χ0v) is 12.4. The first-order valence-corrected chi connectivity index (χ1v) is 7.50. The Morgan fingerprint density at radius 3 is 2.58 bits per heavy atom. The van der Waals surface area contributed by atoms with E-state index in [0.717, 1.165) is 18.4 Å². The Balaban J connectivity index is 1.95. The molecule has 0 bridgehead atoms. The average Bonchev–Trinajstić information content (AvgIpc) is 2.66. The van der Waals surface area contributed by atoms with Gasteiger partial charge in [-0.15, -0.1) is 0 Å². The molecular formula is C14H18BrNO3. The lowest BCUT2D eigenvalue weighted by Gasteiger charge is -2.15. The van der Waals surface area contributed by atoms with Gasteiger partial charge in [-0.3, -0.25) is 10.1 Å². The third-order valence-corrected chi connectivity index (χ3v) is 4.17. The first-order chi connectivity index (χ1) is 9.16. The number of hydrogen-bond donors (Lipinski definition) is 0. The van der Waals surface area contributed by atoms with Crippen molar-refractivity contribution in [2.45, 2.75) is 51.2 Å². The Hall–Kier alpha value is -0.940. The van der Waals surface area contributed by atoms with Crippen molar-refractivity contribution in [3.05, 3.63) is 38.3 Å². The molecule has 0 unspecified atom stereocenters. The molecule has 1 aromatic rings. The number of hydrogen-bond acceptors (Lipinski definition) is 3. The van der Waals surface area contributed by atoms with Crippen LogP contribution in [0.3, 0.4) is 0 Å². The fourth-order valence-corrected chi connectivity index (χ4v) is 2.80. The maximum atomic E-state index is 10.9. The fourth-order valence-electron chi connectivity index (χ4n) is 2.41. The molecule has 1 aromatic carbocycles. The average molecular weight is 328 g/mol. The van der Waals surface area contributed by atoms with Crippen LogP contribution in [0.15, 0.2) is 22.7 Å². The molecule has 1 fully saturated rings. The molecule has 0 saturated heterocycles. The van der Waals surface area contributed by atoms with Gasteiger partial charge >= 0.3 is 0 Å². The molecule has 0 radical (unpaired) electrons. The summed E-state index contributed by atoms with van der Waals surface area (Å²) in [4.78, 5) is 10.5. The lowest BCUT2D eigenvalue weighted by molar-refractivity contribution is -0.385. The molecule has 0 amide bonds. The number of nitro groups is 1. The summed E-state index contributed by atoms with van der Waals surface area (Å²) in [7, 11) is 0. The second kappa shape index (κ2) is 7.01.